The monoisotopic (exact) mass is 626 g/mol. The summed E-state index contributed by atoms with van der Waals surface area (Å²) >= 11 is 0. The van der Waals surface area contributed by atoms with Crippen molar-refractivity contribution >= 4 is 38.1 Å². The normalized spacial score (nSPS) is 14.0. The van der Waals surface area contributed by atoms with Gasteiger partial charge in [0.05, 0.1) is 21.0 Å². The molecule has 1 aromatic heterocycles. The zero-order chi connectivity index (χ0) is 31.4. The lowest BCUT2D eigenvalue weighted by molar-refractivity contribution is -0.385. The summed E-state index contributed by atoms with van der Waals surface area (Å²) in [6, 6.07) is 26.3. The smallest absolute Gasteiger partial charge is 0.270 e. The topological polar surface area (TPSA) is 134 Å². The van der Waals surface area contributed by atoms with Crippen LogP contribution in [0.25, 0.3) is 22.4 Å². The fraction of sp³-hybridized carbons (Fsp3) is 0.242. The standard InChI is InChI=1S/C33H34N6O5S/c1-2-24-6-3-7-25(22-24)33-34-30-10-5-11-31(32(30)35-33)38-18-16-37(17-19-38)20-21-44-28-14-12-26(13-15-28)36-45(42,43)29-9-4-8-27(23-29)39(40)41/h3-15,22-23,36H,2,16-21H2,1H3,(H,34,35). The highest BCUT2D eigenvalue weighted by Gasteiger charge is 2.21. The van der Waals surface area contributed by atoms with Crippen molar-refractivity contribution in [2.24, 2.45) is 0 Å². The third kappa shape index (κ3) is 6.92. The second-order valence-electron chi connectivity index (χ2n) is 10.9. The van der Waals surface area contributed by atoms with E-state index in [9.17, 15) is 18.5 Å². The highest BCUT2D eigenvalue weighted by Crippen LogP contribution is 2.29. The van der Waals surface area contributed by atoms with Gasteiger partial charge in [0, 0.05) is 56.1 Å². The van der Waals surface area contributed by atoms with E-state index >= 15 is 0 Å². The number of aromatic nitrogens is 2. The van der Waals surface area contributed by atoms with E-state index in [-0.39, 0.29) is 10.6 Å². The van der Waals surface area contributed by atoms with Crippen LogP contribution in [0.2, 0.25) is 0 Å². The number of H-pyrrole nitrogens is 1. The SMILES string of the molecule is CCc1cccc(-c2nc3c(N4CCN(CCOc5ccc(NS(=O)(=O)c6cccc([N+](=O)[O-])c6)cc5)CC4)cccc3[nH]2)c1. The van der Waals surface area contributed by atoms with Crippen molar-refractivity contribution in [3.8, 4) is 17.1 Å². The number of aryl methyl sites for hydroxylation is 1. The molecule has 0 spiro atoms. The van der Waals surface area contributed by atoms with Gasteiger partial charge in [-0.2, -0.15) is 0 Å². The first-order valence-electron chi connectivity index (χ1n) is 14.8. The van der Waals surface area contributed by atoms with Crippen LogP contribution in [0.15, 0.2) is 95.9 Å². The quantitative estimate of drug-likeness (QED) is 0.141. The van der Waals surface area contributed by atoms with Crippen LogP contribution in [0.3, 0.4) is 0 Å². The number of nitro benzene ring substituents is 1. The summed E-state index contributed by atoms with van der Waals surface area (Å²) in [5.41, 5.74) is 5.58. The molecule has 1 aliphatic heterocycles. The van der Waals surface area contributed by atoms with Gasteiger partial charge in [-0.25, -0.2) is 13.4 Å². The molecule has 0 saturated carbocycles. The lowest BCUT2D eigenvalue weighted by atomic mass is 10.1. The van der Waals surface area contributed by atoms with Gasteiger partial charge in [-0.3, -0.25) is 19.7 Å². The first kappa shape index (κ1) is 30.1. The van der Waals surface area contributed by atoms with Crippen molar-refractivity contribution < 1.29 is 18.1 Å². The molecule has 0 aliphatic carbocycles. The van der Waals surface area contributed by atoms with Gasteiger partial charge in [0.1, 0.15) is 23.7 Å². The molecule has 45 heavy (non-hydrogen) atoms. The summed E-state index contributed by atoms with van der Waals surface area (Å²) in [6.45, 7) is 6.97. The van der Waals surface area contributed by atoms with Crippen LogP contribution in [0.5, 0.6) is 5.75 Å². The minimum absolute atomic E-state index is 0.180. The second kappa shape index (κ2) is 13.0. The van der Waals surface area contributed by atoms with E-state index in [4.69, 9.17) is 9.72 Å². The molecule has 2 N–H and O–H groups in total. The van der Waals surface area contributed by atoms with Gasteiger partial charge in [-0.05, 0) is 60.5 Å². The number of fused-ring (bicyclic) bond motifs is 1. The van der Waals surface area contributed by atoms with Gasteiger partial charge < -0.3 is 14.6 Å². The fourth-order valence-corrected chi connectivity index (χ4v) is 6.55. The zero-order valence-corrected chi connectivity index (χ0v) is 25.7. The summed E-state index contributed by atoms with van der Waals surface area (Å²) in [5, 5.41) is 11.0. The Hall–Kier alpha value is -4.94. The maximum absolute atomic E-state index is 12.7. The van der Waals surface area contributed by atoms with Gasteiger partial charge in [-0.1, -0.05) is 37.3 Å². The summed E-state index contributed by atoms with van der Waals surface area (Å²) in [5.74, 6) is 1.51. The predicted octanol–water partition coefficient (Wildman–Crippen LogP) is 5.70. The van der Waals surface area contributed by atoms with E-state index in [2.05, 4.69) is 68.9 Å². The predicted molar refractivity (Wildman–Crippen MR) is 175 cm³/mol. The van der Waals surface area contributed by atoms with E-state index in [1.807, 2.05) is 0 Å². The third-order valence-corrected chi connectivity index (χ3v) is 9.31. The Morgan fingerprint density at radius 1 is 0.956 bits per heavy atom. The molecule has 4 aromatic carbocycles. The number of rotatable bonds is 11. The summed E-state index contributed by atoms with van der Waals surface area (Å²) < 4.78 is 33.8. The van der Waals surface area contributed by atoms with Gasteiger partial charge in [-0.15, -0.1) is 0 Å². The van der Waals surface area contributed by atoms with Crippen LogP contribution in [0.1, 0.15) is 12.5 Å². The van der Waals surface area contributed by atoms with E-state index < -0.39 is 14.9 Å². The van der Waals surface area contributed by atoms with Crippen LogP contribution in [-0.2, 0) is 16.4 Å². The molecule has 1 aliphatic rings. The van der Waals surface area contributed by atoms with Crippen molar-refractivity contribution in [2.45, 2.75) is 18.2 Å². The largest absolute Gasteiger partial charge is 0.492 e. The molecule has 12 heteroatoms. The lowest BCUT2D eigenvalue weighted by Gasteiger charge is -2.36. The van der Waals surface area contributed by atoms with Crippen LogP contribution < -0.4 is 14.4 Å². The second-order valence-corrected chi connectivity index (χ2v) is 12.6. The maximum Gasteiger partial charge on any atom is 0.270 e. The van der Waals surface area contributed by atoms with Gasteiger partial charge in [0.25, 0.3) is 15.7 Å². The molecule has 5 aromatic rings. The molecule has 2 heterocycles. The van der Waals surface area contributed by atoms with Gasteiger partial charge in [0.2, 0.25) is 0 Å². The number of anilines is 2. The first-order valence-corrected chi connectivity index (χ1v) is 16.3. The van der Waals surface area contributed by atoms with Gasteiger partial charge >= 0.3 is 0 Å². The van der Waals surface area contributed by atoms with Crippen molar-refractivity contribution in [3.05, 3.63) is 107 Å². The summed E-state index contributed by atoms with van der Waals surface area (Å²) in [7, 11) is -3.98. The number of nitrogens with zero attached hydrogens (tertiary/aromatic N) is 4. The molecule has 1 fully saturated rings. The van der Waals surface area contributed by atoms with E-state index in [0.717, 1.165) is 73.3 Å². The lowest BCUT2D eigenvalue weighted by Crippen LogP contribution is -2.47. The summed E-state index contributed by atoms with van der Waals surface area (Å²) in [6.07, 6.45) is 0.984. The Morgan fingerprint density at radius 3 is 2.47 bits per heavy atom. The Labute approximate surface area is 261 Å². The minimum Gasteiger partial charge on any atom is -0.492 e. The molecule has 0 bridgehead atoms. The third-order valence-electron chi connectivity index (χ3n) is 7.93. The highest BCUT2D eigenvalue weighted by molar-refractivity contribution is 7.92. The van der Waals surface area contributed by atoms with Crippen LogP contribution in [0, 0.1) is 10.1 Å². The Morgan fingerprint density at radius 2 is 1.71 bits per heavy atom. The van der Waals surface area contributed by atoms with Crippen molar-refractivity contribution in [1.82, 2.24) is 14.9 Å². The number of benzene rings is 4. The number of nitrogens with one attached hydrogen (secondary N) is 2. The van der Waals surface area contributed by atoms with Crippen LogP contribution in [-0.4, -0.2) is 67.5 Å². The number of para-hydroxylation sites is 1. The Bertz CT molecular complexity index is 1920. The number of non-ortho nitro benzene ring substituents is 1. The molecule has 1 saturated heterocycles. The molecule has 0 atom stereocenters. The van der Waals surface area contributed by atoms with Crippen LogP contribution >= 0.6 is 0 Å². The van der Waals surface area contributed by atoms with Crippen molar-refractivity contribution in [2.75, 3.05) is 49.0 Å². The van der Waals surface area contributed by atoms with Crippen LogP contribution in [0.4, 0.5) is 17.1 Å². The van der Waals surface area contributed by atoms with Gasteiger partial charge in [0.15, 0.2) is 0 Å². The number of ether oxygens (including phenoxy) is 1. The summed E-state index contributed by atoms with van der Waals surface area (Å²) in [4.78, 5) is 23.4. The Kier molecular flexibility index (Phi) is 8.67. The minimum atomic E-state index is -3.98. The number of aromatic amines is 1. The molecule has 0 amide bonds. The first-order chi connectivity index (χ1) is 21.8. The molecule has 232 valence electrons. The zero-order valence-electron chi connectivity index (χ0n) is 24.8. The molecule has 0 unspecified atom stereocenters. The number of nitro groups is 1. The maximum atomic E-state index is 12.7. The molecule has 11 nitrogen and oxygen atoms in total. The average Bonchev–Trinajstić information content (AvgIpc) is 3.51. The van der Waals surface area contributed by atoms with E-state index in [1.165, 1.54) is 23.8 Å². The number of hydrogen-bond acceptors (Lipinski definition) is 8. The van der Waals surface area contributed by atoms with E-state index in [0.29, 0.717) is 18.0 Å². The molecular formula is C33H34N6O5S. The fourth-order valence-electron chi connectivity index (χ4n) is 5.45. The van der Waals surface area contributed by atoms with Crippen molar-refractivity contribution in [1.29, 1.82) is 0 Å². The Balaban J connectivity index is 1.00. The molecular weight excluding hydrogens is 592 g/mol. The molecule has 0 radical (unpaired) electrons. The number of sulfonamides is 1. The molecule has 6 rings (SSSR count). The van der Waals surface area contributed by atoms with Crippen molar-refractivity contribution in [3.63, 3.8) is 0 Å². The van der Waals surface area contributed by atoms with E-state index in [1.54, 1.807) is 24.3 Å². The number of hydrogen-bond donors (Lipinski definition) is 2. The average molecular weight is 627 g/mol. The highest BCUT2D eigenvalue weighted by atomic mass is 32.2. The number of piperazine rings is 1. The number of imidazole rings is 1.